The third-order valence-electron chi connectivity index (χ3n) is 4.49. The average molecular weight is 487 g/mol. The van der Waals surface area contributed by atoms with Gasteiger partial charge in [-0.15, -0.1) is 24.5 Å². The van der Waals surface area contributed by atoms with Crippen molar-refractivity contribution in [3.05, 3.63) is 46.3 Å². The minimum atomic E-state index is -4.84. The molecule has 1 amide bonds. The van der Waals surface area contributed by atoms with Crippen molar-refractivity contribution >= 4 is 34.0 Å². The van der Waals surface area contributed by atoms with E-state index < -0.39 is 35.8 Å². The van der Waals surface area contributed by atoms with Gasteiger partial charge < -0.3 is 15.2 Å². The molecule has 1 atom stereocenters. The number of thiophene rings is 1. The minimum absolute atomic E-state index is 0.114. The number of halogens is 3. The van der Waals surface area contributed by atoms with Crippen LogP contribution in [-0.4, -0.2) is 41.7 Å². The lowest BCUT2D eigenvalue weighted by Crippen LogP contribution is -2.42. The number of hydrogen-bond donors (Lipinski definition) is 3. The van der Waals surface area contributed by atoms with Crippen molar-refractivity contribution in [1.82, 2.24) is 5.32 Å². The number of amides is 1. The van der Waals surface area contributed by atoms with Crippen LogP contribution in [0.1, 0.15) is 48.0 Å². The van der Waals surface area contributed by atoms with E-state index in [9.17, 15) is 32.7 Å². The van der Waals surface area contributed by atoms with Crippen molar-refractivity contribution < 1.29 is 37.4 Å². The smallest absolute Gasteiger partial charge is 0.480 e. The molecule has 0 aliphatic heterocycles. The Labute approximate surface area is 192 Å². The molecule has 3 N–H and O–H groups in total. The summed E-state index contributed by atoms with van der Waals surface area (Å²) >= 11 is 1.20. The highest BCUT2D eigenvalue weighted by atomic mass is 32.1. The number of rotatable bonds is 11. The number of carbonyl (C=O) groups is 3. The van der Waals surface area contributed by atoms with E-state index in [4.69, 9.17) is 0 Å². The van der Waals surface area contributed by atoms with E-state index in [1.807, 2.05) is 20.8 Å². The van der Waals surface area contributed by atoms with Crippen molar-refractivity contribution in [3.63, 3.8) is 0 Å². The molecule has 0 fully saturated rings. The van der Waals surface area contributed by atoms with Gasteiger partial charge in [0.1, 0.15) is 16.8 Å². The van der Waals surface area contributed by atoms with Gasteiger partial charge in [0, 0.05) is 10.4 Å². The lowest BCUT2D eigenvalue weighted by Gasteiger charge is -2.16. The zero-order valence-corrected chi connectivity index (χ0v) is 19.1. The zero-order chi connectivity index (χ0) is 24.8. The Bertz CT molecular complexity index is 987. The molecule has 1 aromatic carbocycles. The molecule has 180 valence electrons. The Balaban J connectivity index is 2.14. The number of aryl methyl sites for hydroxylation is 1. The predicted molar refractivity (Wildman–Crippen MR) is 118 cm³/mol. The van der Waals surface area contributed by atoms with Crippen molar-refractivity contribution in [2.24, 2.45) is 5.92 Å². The van der Waals surface area contributed by atoms with E-state index in [0.717, 1.165) is 17.0 Å². The first-order valence-corrected chi connectivity index (χ1v) is 11.0. The van der Waals surface area contributed by atoms with Crippen molar-refractivity contribution in [2.75, 3.05) is 11.9 Å². The normalized spacial score (nSPS) is 12.5. The number of alkyl halides is 3. The Morgan fingerprint density at radius 2 is 1.79 bits per heavy atom. The summed E-state index contributed by atoms with van der Waals surface area (Å²) in [6.07, 6.45) is -3.89. The molecule has 0 aliphatic rings. The fourth-order valence-electron chi connectivity index (χ4n) is 2.97. The van der Waals surface area contributed by atoms with E-state index in [1.165, 1.54) is 23.5 Å². The number of aliphatic carboxylic acids is 1. The molecule has 0 saturated carbocycles. The van der Waals surface area contributed by atoms with Gasteiger partial charge in [-0.25, -0.2) is 0 Å². The van der Waals surface area contributed by atoms with Crippen molar-refractivity contribution in [2.45, 2.75) is 46.0 Å². The molecule has 2 aromatic rings. The maximum absolute atomic E-state index is 13.0. The standard InChI is InChI=1S/C22H25F3N2O5S/c1-4-15-10-16(19(29)13-5-7-14(8-6-13)32-22(23,24)25)20(33-15)27-18(28)11-26-17(21(30)31)9-12(2)3/h5-8,10,12,17,26H,4,9,11H2,1-3H3,(H,27,28)(H,30,31). The number of benzene rings is 1. The van der Waals surface area contributed by atoms with E-state index in [-0.39, 0.29) is 28.6 Å². The zero-order valence-electron chi connectivity index (χ0n) is 18.3. The minimum Gasteiger partial charge on any atom is -0.480 e. The van der Waals surface area contributed by atoms with E-state index in [0.29, 0.717) is 12.8 Å². The van der Waals surface area contributed by atoms with Crippen LogP contribution in [0.5, 0.6) is 5.75 Å². The van der Waals surface area contributed by atoms with Crippen LogP contribution in [0.2, 0.25) is 0 Å². The van der Waals surface area contributed by atoms with Crippen LogP contribution in [0, 0.1) is 5.92 Å². The molecule has 2 rings (SSSR count). The number of ketones is 1. The van der Waals surface area contributed by atoms with Crippen LogP contribution < -0.4 is 15.4 Å². The summed E-state index contributed by atoms with van der Waals surface area (Å²) in [5.74, 6) is -2.39. The Morgan fingerprint density at radius 3 is 2.30 bits per heavy atom. The monoisotopic (exact) mass is 486 g/mol. The molecule has 33 heavy (non-hydrogen) atoms. The lowest BCUT2D eigenvalue weighted by molar-refractivity contribution is -0.274. The van der Waals surface area contributed by atoms with E-state index >= 15 is 0 Å². The first-order chi connectivity index (χ1) is 15.4. The van der Waals surface area contributed by atoms with Gasteiger partial charge >= 0.3 is 12.3 Å². The van der Waals surface area contributed by atoms with Gasteiger partial charge in [-0.1, -0.05) is 20.8 Å². The van der Waals surface area contributed by atoms with Crippen LogP contribution >= 0.6 is 11.3 Å². The van der Waals surface area contributed by atoms with Gasteiger partial charge in [0.15, 0.2) is 5.78 Å². The molecule has 1 unspecified atom stereocenters. The number of carbonyl (C=O) groups excluding carboxylic acids is 2. The molecule has 0 bridgehead atoms. The number of ether oxygens (including phenoxy) is 1. The van der Waals surface area contributed by atoms with Crippen LogP contribution in [0.25, 0.3) is 0 Å². The van der Waals surface area contributed by atoms with Crippen LogP contribution in [0.4, 0.5) is 18.2 Å². The van der Waals surface area contributed by atoms with Gasteiger partial charge in [-0.2, -0.15) is 0 Å². The third kappa shape index (κ3) is 8.17. The fourth-order valence-corrected chi connectivity index (χ4v) is 3.98. The molecule has 11 heteroatoms. The second-order valence-electron chi connectivity index (χ2n) is 7.66. The Morgan fingerprint density at radius 1 is 1.15 bits per heavy atom. The lowest BCUT2D eigenvalue weighted by atomic mass is 10.0. The Kier molecular flexibility index (Phi) is 9.00. The number of carboxylic acids is 1. The first kappa shape index (κ1) is 26.3. The summed E-state index contributed by atoms with van der Waals surface area (Å²) in [4.78, 5) is 37.5. The molecule has 7 nitrogen and oxygen atoms in total. The molecular formula is C22H25F3N2O5S. The van der Waals surface area contributed by atoms with Gasteiger partial charge in [0.25, 0.3) is 0 Å². The first-order valence-electron chi connectivity index (χ1n) is 10.2. The molecule has 0 spiro atoms. The Hall–Kier alpha value is -2.92. The van der Waals surface area contributed by atoms with Crippen LogP contribution in [0.3, 0.4) is 0 Å². The summed E-state index contributed by atoms with van der Waals surface area (Å²) in [5, 5.41) is 14.9. The maximum atomic E-state index is 13.0. The molecule has 0 aliphatic carbocycles. The maximum Gasteiger partial charge on any atom is 0.573 e. The van der Waals surface area contributed by atoms with E-state index in [1.54, 1.807) is 6.07 Å². The van der Waals surface area contributed by atoms with Gasteiger partial charge in [0.05, 0.1) is 12.1 Å². The molecule has 1 aromatic heterocycles. The highest BCUT2D eigenvalue weighted by Crippen LogP contribution is 2.31. The summed E-state index contributed by atoms with van der Waals surface area (Å²) in [5.41, 5.74) is 0.327. The predicted octanol–water partition coefficient (Wildman–Crippen LogP) is 4.47. The van der Waals surface area contributed by atoms with Crippen molar-refractivity contribution in [1.29, 1.82) is 0 Å². The summed E-state index contributed by atoms with van der Waals surface area (Å²) in [7, 11) is 0. The third-order valence-corrected chi connectivity index (χ3v) is 5.69. The topological polar surface area (TPSA) is 105 Å². The molecular weight excluding hydrogens is 461 g/mol. The summed E-state index contributed by atoms with van der Waals surface area (Å²) in [6.45, 7) is 5.35. The molecule has 0 saturated heterocycles. The van der Waals surface area contributed by atoms with Crippen LogP contribution in [0.15, 0.2) is 30.3 Å². The van der Waals surface area contributed by atoms with Crippen LogP contribution in [-0.2, 0) is 16.0 Å². The fraction of sp³-hybridized carbons (Fsp3) is 0.409. The average Bonchev–Trinajstić information content (AvgIpc) is 3.12. The highest BCUT2D eigenvalue weighted by molar-refractivity contribution is 7.16. The van der Waals surface area contributed by atoms with Gasteiger partial charge in [0.2, 0.25) is 5.91 Å². The number of nitrogens with one attached hydrogen (secondary N) is 2. The second-order valence-corrected chi connectivity index (χ2v) is 8.80. The van der Waals surface area contributed by atoms with Gasteiger partial charge in [-0.3, -0.25) is 19.7 Å². The SMILES string of the molecule is CCc1cc(C(=O)c2ccc(OC(F)(F)F)cc2)c(NC(=O)CNC(CC(C)C)C(=O)O)s1. The number of anilines is 1. The number of carboxylic acid groups (broad SMARTS) is 1. The quantitative estimate of drug-likeness (QED) is 0.405. The molecule has 0 radical (unpaired) electrons. The second kappa shape index (κ2) is 11.3. The number of hydrogen-bond acceptors (Lipinski definition) is 6. The highest BCUT2D eigenvalue weighted by Gasteiger charge is 2.31. The summed E-state index contributed by atoms with van der Waals surface area (Å²) in [6, 6.07) is 5.23. The van der Waals surface area contributed by atoms with Crippen molar-refractivity contribution in [3.8, 4) is 5.75 Å². The van der Waals surface area contributed by atoms with Gasteiger partial charge in [-0.05, 0) is 49.1 Å². The molecule has 1 heterocycles. The van der Waals surface area contributed by atoms with E-state index in [2.05, 4.69) is 15.4 Å². The summed E-state index contributed by atoms with van der Waals surface area (Å²) < 4.78 is 40.8. The largest absolute Gasteiger partial charge is 0.573 e.